The normalized spacial score (nSPS) is 10.9. The molecule has 0 heterocycles. The zero-order valence-corrected chi connectivity index (χ0v) is 7.61. The maximum atomic E-state index is 10.9. The number of hydrogen-bond acceptors (Lipinski definition) is 2. The van der Waals surface area contributed by atoms with E-state index in [0.29, 0.717) is 12.8 Å². The van der Waals surface area contributed by atoms with E-state index in [4.69, 9.17) is 0 Å². The summed E-state index contributed by atoms with van der Waals surface area (Å²) < 4.78 is 0.221. The van der Waals surface area contributed by atoms with Crippen molar-refractivity contribution in [3.63, 3.8) is 0 Å². The molecular weight excluding hydrogens is 175 g/mol. The van der Waals surface area contributed by atoms with E-state index in [1.807, 2.05) is 0 Å². The molecule has 0 bridgehead atoms. The summed E-state index contributed by atoms with van der Waals surface area (Å²) in [6, 6.07) is 0. The Morgan fingerprint density at radius 1 is 1.10 bits per heavy atom. The molecule has 3 heteroatoms. The summed E-state index contributed by atoms with van der Waals surface area (Å²) in [7, 11) is 0. The monoisotopic (exact) mass is 188 g/mol. The summed E-state index contributed by atoms with van der Waals surface area (Å²) in [6.45, 7) is 3.59. The maximum absolute atomic E-state index is 10.9. The Labute approximate surface area is 65.8 Å². The van der Waals surface area contributed by atoms with Crippen LogP contribution < -0.4 is 0 Å². The van der Waals surface area contributed by atoms with Gasteiger partial charge in [-0.3, -0.25) is 0 Å². The van der Waals surface area contributed by atoms with E-state index in [-0.39, 0.29) is 9.44 Å². The molecule has 0 rings (SSSR count). The van der Waals surface area contributed by atoms with Gasteiger partial charge in [0.25, 0.3) is 0 Å². The number of rotatable bonds is 4. The van der Waals surface area contributed by atoms with Gasteiger partial charge in [-0.2, -0.15) is 0 Å². The van der Waals surface area contributed by atoms with E-state index in [2.05, 4.69) is 0 Å². The second-order valence-electron chi connectivity index (χ2n) is 1.78. The van der Waals surface area contributed by atoms with Crippen molar-refractivity contribution in [3.05, 3.63) is 0 Å². The summed E-state index contributed by atoms with van der Waals surface area (Å²) >= 11 is -0.959. The zero-order chi connectivity index (χ0) is 8.15. The van der Waals surface area contributed by atoms with E-state index in [1.165, 1.54) is 0 Å². The molecule has 0 amide bonds. The minimum atomic E-state index is -0.959. The van der Waals surface area contributed by atoms with Gasteiger partial charge in [0, 0.05) is 0 Å². The van der Waals surface area contributed by atoms with Crippen LogP contribution in [0.4, 0.5) is 0 Å². The van der Waals surface area contributed by atoms with Gasteiger partial charge in [0.05, 0.1) is 0 Å². The van der Waals surface area contributed by atoms with Crippen LogP contribution in [0.2, 0.25) is 5.86 Å². The van der Waals surface area contributed by atoms with Crippen molar-refractivity contribution in [1.82, 2.24) is 0 Å². The molecule has 0 spiro atoms. The Balaban J connectivity index is 3.94. The van der Waals surface area contributed by atoms with E-state index < -0.39 is 13.7 Å². The van der Waals surface area contributed by atoms with E-state index >= 15 is 0 Å². The van der Waals surface area contributed by atoms with Crippen LogP contribution >= 0.6 is 0 Å². The number of carbonyl (C=O) groups is 2. The fraction of sp³-hybridized carbons (Fsp3) is 0.714. The van der Waals surface area contributed by atoms with Crippen LogP contribution in [-0.4, -0.2) is 9.44 Å². The molecule has 0 aromatic heterocycles. The van der Waals surface area contributed by atoms with Crippen molar-refractivity contribution < 1.29 is 23.2 Å². The van der Waals surface area contributed by atoms with E-state index in [1.54, 1.807) is 19.7 Å². The fourth-order valence-electron chi connectivity index (χ4n) is 0.457. The van der Waals surface area contributed by atoms with Crippen LogP contribution in [0.15, 0.2) is 0 Å². The Kier molecular flexibility index (Phi) is 4.56. The molecule has 0 aliphatic heterocycles. The second kappa shape index (κ2) is 4.63. The third-order valence-electron chi connectivity index (χ3n) is 1.08. The van der Waals surface area contributed by atoms with Crippen molar-refractivity contribution in [3.8, 4) is 0 Å². The van der Waals surface area contributed by atoms with Crippen molar-refractivity contribution in [2.24, 2.45) is 0 Å². The van der Waals surface area contributed by atoms with Gasteiger partial charge >= 0.3 is 65.2 Å². The molecule has 0 aliphatic rings. The summed E-state index contributed by atoms with van der Waals surface area (Å²) in [5.74, 6) is 1.74. The fourth-order valence-corrected chi connectivity index (χ4v) is 1.89. The third kappa shape index (κ3) is 2.62. The van der Waals surface area contributed by atoms with Crippen molar-refractivity contribution in [1.29, 1.82) is 0 Å². The zero-order valence-electron chi connectivity index (χ0n) is 6.56. The third-order valence-corrected chi connectivity index (χ3v) is 3.56. The van der Waals surface area contributed by atoms with Gasteiger partial charge in [-0.1, -0.05) is 0 Å². The van der Waals surface area contributed by atoms with E-state index in [0.717, 1.165) is 0 Å². The predicted molar refractivity (Wildman–Crippen MR) is 36.5 cm³/mol. The van der Waals surface area contributed by atoms with Gasteiger partial charge < -0.3 is 0 Å². The molecule has 62 valence electrons. The molecule has 0 aromatic carbocycles. The van der Waals surface area contributed by atoms with Gasteiger partial charge in [-0.25, -0.2) is 0 Å². The molecular formula is C7H13CoO2. The van der Waals surface area contributed by atoms with Crippen molar-refractivity contribution >= 4 is 9.44 Å². The standard InChI is InChI=1S/2C3H5O.CH3.Co/c2*1-2-3-4;;/h2*2H2,1H3;1H3;. The quantitative estimate of drug-likeness (QED) is 0.670. The second-order valence-corrected chi connectivity index (χ2v) is 4.25. The molecule has 0 aromatic rings. The summed E-state index contributed by atoms with van der Waals surface area (Å²) in [5, 5.41) is 0. The average Bonchev–Trinajstić information content (AvgIpc) is 2.00. The molecule has 2 nitrogen and oxygen atoms in total. The molecule has 0 saturated carbocycles. The predicted octanol–water partition coefficient (Wildman–Crippen LogP) is 1.53. The van der Waals surface area contributed by atoms with Gasteiger partial charge in [0.1, 0.15) is 0 Å². The molecule has 0 saturated heterocycles. The van der Waals surface area contributed by atoms with Crippen LogP contribution in [0.3, 0.4) is 0 Å². The molecule has 0 unspecified atom stereocenters. The van der Waals surface area contributed by atoms with Gasteiger partial charge in [-0.05, 0) is 0 Å². The topological polar surface area (TPSA) is 34.1 Å². The van der Waals surface area contributed by atoms with Crippen molar-refractivity contribution in [2.75, 3.05) is 0 Å². The Morgan fingerprint density at radius 3 is 1.60 bits per heavy atom. The summed E-state index contributed by atoms with van der Waals surface area (Å²) in [6.07, 6.45) is 0.986. The average molecular weight is 188 g/mol. The first-order chi connectivity index (χ1) is 4.63. The number of carbonyl (C=O) groups excluding carboxylic acids is 2. The summed E-state index contributed by atoms with van der Waals surface area (Å²) in [5.41, 5.74) is 0. The van der Waals surface area contributed by atoms with Gasteiger partial charge in [0.2, 0.25) is 0 Å². The van der Waals surface area contributed by atoms with Gasteiger partial charge in [-0.15, -0.1) is 0 Å². The first-order valence-electron chi connectivity index (χ1n) is 3.20. The molecule has 0 fully saturated rings. The SMILES string of the molecule is CC[C](=O)[Co]([CH3])[C](=O)CC. The number of hydrogen-bond donors (Lipinski definition) is 0. The Bertz CT molecular complexity index is 127. The first-order valence-corrected chi connectivity index (χ1v) is 5.28. The van der Waals surface area contributed by atoms with E-state index in [9.17, 15) is 9.59 Å². The Hall–Kier alpha value is -0.154. The van der Waals surface area contributed by atoms with Crippen LogP contribution in [0, 0.1) is 0 Å². The summed E-state index contributed by atoms with van der Waals surface area (Å²) in [4.78, 5) is 21.8. The van der Waals surface area contributed by atoms with Crippen LogP contribution in [-0.2, 0) is 23.2 Å². The van der Waals surface area contributed by atoms with Gasteiger partial charge in [0.15, 0.2) is 0 Å². The first kappa shape index (κ1) is 9.85. The molecule has 10 heavy (non-hydrogen) atoms. The molecule has 0 N–H and O–H groups in total. The molecule has 0 atom stereocenters. The van der Waals surface area contributed by atoms with Crippen molar-refractivity contribution in [2.45, 2.75) is 32.5 Å². The molecule has 0 radical (unpaired) electrons. The Morgan fingerprint density at radius 2 is 1.40 bits per heavy atom. The minimum absolute atomic E-state index is 0.111. The molecule has 0 aliphatic carbocycles. The van der Waals surface area contributed by atoms with Crippen LogP contribution in [0.25, 0.3) is 0 Å². The van der Waals surface area contributed by atoms with Crippen LogP contribution in [0.5, 0.6) is 0 Å². The van der Waals surface area contributed by atoms with Crippen LogP contribution in [0.1, 0.15) is 26.7 Å².